The molecule has 0 aromatic heterocycles. The Balaban J connectivity index is 1.88. The molecule has 1 unspecified atom stereocenters. The second-order valence-electron chi connectivity index (χ2n) is 6.63. The molecular weight excluding hydrogens is 282 g/mol. The Hall–Kier alpha value is -2.35. The maximum Gasteiger partial charge on any atom is 0.170 e. The van der Waals surface area contributed by atoms with Crippen molar-refractivity contribution in [3.63, 3.8) is 0 Å². The summed E-state index contributed by atoms with van der Waals surface area (Å²) in [6.45, 7) is 4.15. The number of Topliss-reactive ketones (excluding diaryl/α,β-unsaturated/α-hetero) is 1. The van der Waals surface area contributed by atoms with Crippen molar-refractivity contribution in [3.8, 4) is 0 Å². The molecule has 2 nitrogen and oxygen atoms in total. The van der Waals surface area contributed by atoms with Crippen molar-refractivity contribution in [3.05, 3.63) is 77.5 Å². The quantitative estimate of drug-likeness (QED) is 0.770. The molecule has 3 rings (SSSR count). The van der Waals surface area contributed by atoms with E-state index in [2.05, 4.69) is 44.2 Å². The smallest absolute Gasteiger partial charge is 0.170 e. The molecule has 1 aliphatic carbocycles. The summed E-state index contributed by atoms with van der Waals surface area (Å²) in [7, 11) is 2.00. The fourth-order valence-electron chi connectivity index (χ4n) is 3.32. The van der Waals surface area contributed by atoms with Crippen molar-refractivity contribution < 1.29 is 4.79 Å². The third kappa shape index (κ3) is 2.94. The molecule has 1 atom stereocenters. The average molecular weight is 305 g/mol. The predicted octanol–water partition coefficient (Wildman–Crippen LogP) is 4.64. The second kappa shape index (κ2) is 6.04. The third-order valence-electron chi connectivity index (χ3n) is 4.86. The van der Waals surface area contributed by atoms with Crippen LogP contribution in [0.15, 0.2) is 66.4 Å². The summed E-state index contributed by atoms with van der Waals surface area (Å²) in [5.41, 5.74) is 3.95. The van der Waals surface area contributed by atoms with Gasteiger partial charge in [-0.05, 0) is 44.4 Å². The predicted molar refractivity (Wildman–Crippen MR) is 95.7 cm³/mol. The molecule has 1 fully saturated rings. The van der Waals surface area contributed by atoms with Gasteiger partial charge in [-0.1, -0.05) is 48.0 Å². The summed E-state index contributed by atoms with van der Waals surface area (Å²) in [6, 6.07) is 18.5. The highest BCUT2D eigenvalue weighted by Gasteiger charge is 2.42. The molecule has 0 amide bonds. The monoisotopic (exact) mass is 305 g/mol. The molecule has 0 saturated heterocycles. The minimum Gasteiger partial charge on any atom is -0.351 e. The number of benzene rings is 2. The molecule has 23 heavy (non-hydrogen) atoms. The van der Waals surface area contributed by atoms with E-state index in [0.717, 1.165) is 29.7 Å². The molecular formula is C21H23NO. The molecule has 0 aliphatic heterocycles. The first-order valence-electron chi connectivity index (χ1n) is 8.11. The van der Waals surface area contributed by atoms with Gasteiger partial charge in [0.1, 0.15) is 0 Å². The zero-order valence-corrected chi connectivity index (χ0v) is 14.0. The highest BCUT2D eigenvalue weighted by atomic mass is 16.1. The van der Waals surface area contributed by atoms with E-state index in [1.54, 1.807) is 0 Å². The zero-order valence-electron chi connectivity index (χ0n) is 14.0. The number of carbonyl (C=O) groups excluding carboxylic acids is 1. The lowest BCUT2D eigenvalue weighted by molar-refractivity contribution is -0.118. The number of nitrogens with zero attached hydrogens (tertiary/aromatic N) is 1. The van der Waals surface area contributed by atoms with Crippen LogP contribution < -0.4 is 4.90 Å². The Kier molecular flexibility index (Phi) is 4.08. The number of aryl methyl sites for hydroxylation is 1. The van der Waals surface area contributed by atoms with Crippen LogP contribution in [0, 0.1) is 6.92 Å². The van der Waals surface area contributed by atoms with Crippen molar-refractivity contribution in [1.29, 1.82) is 0 Å². The van der Waals surface area contributed by atoms with Crippen LogP contribution in [-0.4, -0.2) is 12.8 Å². The van der Waals surface area contributed by atoms with Gasteiger partial charge < -0.3 is 4.90 Å². The van der Waals surface area contributed by atoms with E-state index in [0.29, 0.717) is 0 Å². The summed E-state index contributed by atoms with van der Waals surface area (Å²) >= 11 is 0. The second-order valence-corrected chi connectivity index (χ2v) is 6.63. The lowest BCUT2D eigenvalue weighted by atomic mass is 9.79. The fraction of sp³-hybridized carbons (Fsp3) is 0.286. The van der Waals surface area contributed by atoms with E-state index < -0.39 is 5.41 Å². The van der Waals surface area contributed by atoms with Crippen LogP contribution in [0.3, 0.4) is 0 Å². The molecule has 2 aromatic rings. The van der Waals surface area contributed by atoms with Gasteiger partial charge in [-0.3, -0.25) is 4.79 Å². The normalized spacial score (nSPS) is 22.6. The van der Waals surface area contributed by atoms with Crippen molar-refractivity contribution in [2.24, 2.45) is 0 Å². The first-order valence-corrected chi connectivity index (χ1v) is 8.11. The van der Waals surface area contributed by atoms with Gasteiger partial charge in [-0.15, -0.1) is 0 Å². The van der Waals surface area contributed by atoms with Crippen LogP contribution in [0.25, 0.3) is 0 Å². The number of rotatable bonds is 3. The van der Waals surface area contributed by atoms with Gasteiger partial charge in [0.2, 0.25) is 0 Å². The van der Waals surface area contributed by atoms with Gasteiger partial charge in [0.15, 0.2) is 5.78 Å². The Morgan fingerprint density at radius 2 is 1.83 bits per heavy atom. The lowest BCUT2D eigenvalue weighted by Crippen LogP contribution is -2.28. The van der Waals surface area contributed by atoms with Gasteiger partial charge in [-0.25, -0.2) is 0 Å². The fourth-order valence-corrected chi connectivity index (χ4v) is 3.32. The van der Waals surface area contributed by atoms with E-state index in [1.807, 2.05) is 42.4 Å². The molecule has 0 spiro atoms. The van der Waals surface area contributed by atoms with Crippen LogP contribution >= 0.6 is 0 Å². The minimum absolute atomic E-state index is 0.255. The summed E-state index contributed by atoms with van der Waals surface area (Å²) in [5.74, 6) is 0.255. The van der Waals surface area contributed by atoms with Crippen molar-refractivity contribution in [2.45, 2.75) is 32.1 Å². The highest BCUT2D eigenvalue weighted by molar-refractivity contribution is 6.05. The van der Waals surface area contributed by atoms with Gasteiger partial charge in [0.25, 0.3) is 0 Å². The van der Waals surface area contributed by atoms with Crippen molar-refractivity contribution in [2.75, 3.05) is 11.9 Å². The van der Waals surface area contributed by atoms with Crippen LogP contribution in [-0.2, 0) is 10.2 Å². The van der Waals surface area contributed by atoms with Crippen LogP contribution in [0.1, 0.15) is 30.9 Å². The van der Waals surface area contributed by atoms with Gasteiger partial charge in [0.05, 0.1) is 5.41 Å². The molecule has 0 heterocycles. The first kappa shape index (κ1) is 15.5. The number of hydrogen-bond acceptors (Lipinski definition) is 2. The van der Waals surface area contributed by atoms with E-state index in [1.165, 1.54) is 5.56 Å². The third-order valence-corrected chi connectivity index (χ3v) is 4.86. The number of anilines is 1. The maximum absolute atomic E-state index is 13.0. The first-order chi connectivity index (χ1) is 11.0. The van der Waals surface area contributed by atoms with E-state index in [4.69, 9.17) is 0 Å². The van der Waals surface area contributed by atoms with Crippen molar-refractivity contribution >= 4 is 11.5 Å². The molecule has 0 radical (unpaired) electrons. The summed E-state index contributed by atoms with van der Waals surface area (Å²) in [4.78, 5) is 15.0. The maximum atomic E-state index is 13.0. The Morgan fingerprint density at radius 1 is 1.09 bits per heavy atom. The topological polar surface area (TPSA) is 20.3 Å². The summed E-state index contributed by atoms with van der Waals surface area (Å²) in [6.07, 6.45) is 3.71. The number of allylic oxidation sites excluding steroid dienone is 1. The van der Waals surface area contributed by atoms with Gasteiger partial charge >= 0.3 is 0 Å². The largest absolute Gasteiger partial charge is 0.351 e. The van der Waals surface area contributed by atoms with Crippen LogP contribution in [0.5, 0.6) is 0 Å². The summed E-state index contributed by atoms with van der Waals surface area (Å²) in [5, 5.41) is 0. The number of carbonyl (C=O) groups is 1. The molecule has 1 saturated carbocycles. The van der Waals surface area contributed by atoms with Gasteiger partial charge in [-0.2, -0.15) is 0 Å². The zero-order chi connectivity index (χ0) is 16.4. The Labute approximate surface area is 138 Å². The lowest BCUT2D eigenvalue weighted by Gasteiger charge is -2.23. The highest BCUT2D eigenvalue weighted by Crippen LogP contribution is 2.41. The van der Waals surface area contributed by atoms with E-state index in [-0.39, 0.29) is 5.78 Å². The average Bonchev–Trinajstić information content (AvgIpc) is 2.85. The Morgan fingerprint density at radius 3 is 2.52 bits per heavy atom. The minimum atomic E-state index is -0.393. The number of ketones is 1. The van der Waals surface area contributed by atoms with Crippen LogP contribution in [0.4, 0.5) is 5.69 Å². The van der Waals surface area contributed by atoms with Gasteiger partial charge in [0, 0.05) is 24.5 Å². The number of para-hydroxylation sites is 1. The standard InChI is InChI=1S/C21H23NO/c1-16-8-7-9-18(14-16)21(2)13-12-17(20(21)23)15-22(3)19-10-5-4-6-11-19/h4-11,14-15H,12-13H2,1-3H3/b17-15-. The van der Waals surface area contributed by atoms with Crippen LogP contribution in [0.2, 0.25) is 0 Å². The molecule has 2 aromatic carbocycles. The van der Waals surface area contributed by atoms with Crippen molar-refractivity contribution in [1.82, 2.24) is 0 Å². The molecule has 118 valence electrons. The summed E-state index contributed by atoms with van der Waals surface area (Å²) < 4.78 is 0. The number of hydrogen-bond donors (Lipinski definition) is 0. The Bertz CT molecular complexity index is 747. The molecule has 0 N–H and O–H groups in total. The van der Waals surface area contributed by atoms with E-state index >= 15 is 0 Å². The molecule has 1 aliphatic rings. The molecule has 2 heteroatoms. The van der Waals surface area contributed by atoms with E-state index in [9.17, 15) is 4.79 Å². The molecule has 0 bridgehead atoms. The SMILES string of the molecule is Cc1cccc(C2(C)CC/C(=C/N(C)c3ccccc3)C2=O)c1.